The third-order valence-electron chi connectivity index (χ3n) is 5.86. The molecule has 1 aromatic carbocycles. The number of carbonyl (C=O) groups excluding carboxylic acids is 2. The Labute approximate surface area is 176 Å². The number of piperidine rings is 1. The second-order valence-corrected chi connectivity index (χ2v) is 8.18. The molecule has 10 heteroatoms. The number of aromatic carboxylic acids is 1. The molecule has 3 N–H and O–H groups in total. The topological polar surface area (TPSA) is 131 Å². The first kappa shape index (κ1) is 22.4. The molecule has 30 heavy (non-hydrogen) atoms. The van der Waals surface area contributed by atoms with E-state index in [1.807, 2.05) is 0 Å². The molecular formula is C20H29BN2O7-2. The van der Waals surface area contributed by atoms with Gasteiger partial charge in [-0.2, -0.15) is 0 Å². The Morgan fingerprint density at radius 2 is 2.10 bits per heavy atom. The van der Waals surface area contributed by atoms with Gasteiger partial charge in [0.25, 0.3) is 0 Å². The van der Waals surface area contributed by atoms with E-state index in [0.717, 1.165) is 25.9 Å². The molecule has 1 aromatic rings. The van der Waals surface area contributed by atoms with Crippen LogP contribution in [-0.4, -0.2) is 65.9 Å². The van der Waals surface area contributed by atoms with Gasteiger partial charge in [-0.05, 0) is 49.9 Å². The average Bonchev–Trinajstić information content (AvgIpc) is 2.63. The van der Waals surface area contributed by atoms with Gasteiger partial charge >= 0.3 is 6.75 Å². The fourth-order valence-electron chi connectivity index (χ4n) is 4.19. The van der Waals surface area contributed by atoms with Crippen LogP contribution in [0.1, 0.15) is 42.6 Å². The Balaban J connectivity index is 0.00000256. The molecule has 2 saturated heterocycles. The predicted molar refractivity (Wildman–Crippen MR) is 108 cm³/mol. The van der Waals surface area contributed by atoms with Crippen molar-refractivity contribution >= 4 is 18.6 Å². The molecule has 0 radical (unpaired) electrons. The number of carboxylic acids is 1. The predicted octanol–water partition coefficient (Wildman–Crippen LogP) is -0.476. The Bertz CT molecular complexity index is 805. The third-order valence-corrected chi connectivity index (χ3v) is 5.86. The summed E-state index contributed by atoms with van der Waals surface area (Å²) in [5.41, 5.74) is 0.235. The molecule has 0 saturated carbocycles. The van der Waals surface area contributed by atoms with Crippen LogP contribution in [0.15, 0.2) is 12.1 Å². The molecule has 9 nitrogen and oxygen atoms in total. The lowest BCUT2D eigenvalue weighted by Gasteiger charge is -2.41. The van der Waals surface area contributed by atoms with Crippen LogP contribution < -0.4 is 19.8 Å². The van der Waals surface area contributed by atoms with E-state index in [1.54, 1.807) is 11.0 Å². The normalized spacial score (nSPS) is 22.7. The first-order valence-electron chi connectivity index (χ1n) is 10.1. The average molecular weight is 420 g/mol. The van der Waals surface area contributed by atoms with Crippen molar-refractivity contribution in [3.8, 4) is 11.5 Å². The number of rotatable bonds is 5. The van der Waals surface area contributed by atoms with E-state index in [-0.39, 0.29) is 49.2 Å². The highest BCUT2D eigenvalue weighted by Crippen LogP contribution is 2.38. The lowest BCUT2D eigenvalue weighted by molar-refractivity contribution is -0.255. The first-order valence-corrected chi connectivity index (χ1v) is 10.1. The van der Waals surface area contributed by atoms with Gasteiger partial charge in [-0.25, -0.2) is 0 Å². The number of carboxylic acid groups (broad SMARTS) is 1. The van der Waals surface area contributed by atoms with Gasteiger partial charge in [-0.15, -0.1) is 0 Å². The molecule has 0 aromatic heterocycles. The smallest absolute Gasteiger partial charge is 0.430 e. The van der Waals surface area contributed by atoms with Gasteiger partial charge in [-0.3, -0.25) is 4.79 Å². The summed E-state index contributed by atoms with van der Waals surface area (Å²) in [6.45, 7) is -0.463. The summed E-state index contributed by atoms with van der Waals surface area (Å²) < 4.78 is 10.9. The summed E-state index contributed by atoms with van der Waals surface area (Å²) in [5.74, 6) is -1.14. The first-order chi connectivity index (χ1) is 13.8. The molecular weight excluding hydrogens is 391 g/mol. The Hall–Kier alpha value is -2.30. The van der Waals surface area contributed by atoms with Crippen LogP contribution in [0.25, 0.3) is 0 Å². The van der Waals surface area contributed by atoms with Crippen LogP contribution in [-0.2, 0) is 11.2 Å². The van der Waals surface area contributed by atoms with Crippen LogP contribution in [0.5, 0.6) is 11.5 Å². The van der Waals surface area contributed by atoms with Crippen LogP contribution in [0.3, 0.4) is 0 Å². The van der Waals surface area contributed by atoms with Crippen molar-refractivity contribution in [3.05, 3.63) is 23.3 Å². The molecule has 3 aliphatic rings. The number of aryl methyl sites for hydroxylation is 1. The van der Waals surface area contributed by atoms with Crippen molar-refractivity contribution in [3.63, 3.8) is 0 Å². The van der Waals surface area contributed by atoms with Gasteiger partial charge in [0, 0.05) is 6.42 Å². The van der Waals surface area contributed by atoms with Crippen molar-refractivity contribution in [1.29, 1.82) is 0 Å². The third kappa shape index (κ3) is 4.71. The van der Waals surface area contributed by atoms with Gasteiger partial charge < -0.3 is 39.6 Å². The quantitative estimate of drug-likeness (QED) is 0.545. The lowest BCUT2D eigenvalue weighted by atomic mass is 9.70. The molecule has 1 atom stereocenters. The van der Waals surface area contributed by atoms with Gasteiger partial charge in [-0.1, -0.05) is 19.8 Å². The van der Waals surface area contributed by atoms with Gasteiger partial charge in [0.2, 0.25) is 5.91 Å². The zero-order valence-electron chi connectivity index (χ0n) is 16.1. The fraction of sp³-hybridized carbons (Fsp3) is 0.600. The highest BCUT2D eigenvalue weighted by atomic mass is 16.6. The zero-order chi connectivity index (χ0) is 20.6. The fourth-order valence-corrected chi connectivity index (χ4v) is 4.19. The Morgan fingerprint density at radius 3 is 2.77 bits per heavy atom. The number of nitrogens with zero attached hydrogens (tertiary/aromatic N) is 1. The minimum Gasteiger partial charge on any atom is -0.669 e. The summed E-state index contributed by atoms with van der Waals surface area (Å²) in [6.07, 6.45) is 2.59. The van der Waals surface area contributed by atoms with E-state index in [1.165, 1.54) is 6.07 Å². The number of nitrogens with one attached hydrogen (secondary N) is 1. The number of amides is 1. The van der Waals surface area contributed by atoms with Crippen molar-refractivity contribution < 1.29 is 34.1 Å². The SMILES string of the molecule is C.O=C([O-])c1c(OC2CN(C(=O)CC3CCCNC3)C2)ccc2c1O[B-](O)(O)CC2. The van der Waals surface area contributed by atoms with Crippen LogP contribution >= 0.6 is 0 Å². The van der Waals surface area contributed by atoms with E-state index in [9.17, 15) is 24.7 Å². The molecule has 1 amide bonds. The van der Waals surface area contributed by atoms with Gasteiger partial charge in [0.05, 0.1) is 30.4 Å². The van der Waals surface area contributed by atoms with E-state index in [0.29, 0.717) is 31.0 Å². The molecule has 0 spiro atoms. The molecule has 0 aliphatic carbocycles. The molecule has 1 unspecified atom stereocenters. The summed E-state index contributed by atoms with van der Waals surface area (Å²) >= 11 is 0. The number of fused-ring (bicyclic) bond motifs is 1. The number of benzene rings is 1. The lowest BCUT2D eigenvalue weighted by Crippen LogP contribution is -2.56. The number of ether oxygens (including phenoxy) is 1. The maximum Gasteiger partial charge on any atom is 0.430 e. The summed E-state index contributed by atoms with van der Waals surface area (Å²) in [7, 11) is 0. The van der Waals surface area contributed by atoms with Crippen molar-refractivity contribution in [1.82, 2.24) is 10.2 Å². The maximum absolute atomic E-state index is 12.4. The van der Waals surface area contributed by atoms with Crippen molar-refractivity contribution in [2.24, 2.45) is 5.92 Å². The molecule has 3 heterocycles. The monoisotopic (exact) mass is 420 g/mol. The second-order valence-electron chi connectivity index (χ2n) is 8.18. The highest BCUT2D eigenvalue weighted by Gasteiger charge is 2.35. The minimum absolute atomic E-state index is 0. The van der Waals surface area contributed by atoms with Crippen LogP contribution in [0, 0.1) is 5.92 Å². The molecule has 3 aliphatic heterocycles. The van der Waals surface area contributed by atoms with Crippen LogP contribution in [0.4, 0.5) is 0 Å². The second kappa shape index (κ2) is 8.83. The van der Waals surface area contributed by atoms with E-state index in [2.05, 4.69) is 5.32 Å². The summed E-state index contributed by atoms with van der Waals surface area (Å²) in [6, 6.07) is 3.18. The Morgan fingerprint density at radius 1 is 1.33 bits per heavy atom. The Kier molecular flexibility index (Phi) is 6.59. The maximum atomic E-state index is 12.4. The van der Waals surface area contributed by atoms with Crippen LogP contribution in [0.2, 0.25) is 6.32 Å². The molecule has 0 bridgehead atoms. The van der Waals surface area contributed by atoms with Gasteiger partial charge in [0.1, 0.15) is 11.9 Å². The zero-order valence-corrected chi connectivity index (χ0v) is 16.1. The van der Waals surface area contributed by atoms with Crippen molar-refractivity contribution in [2.45, 2.75) is 45.5 Å². The number of carbonyl (C=O) groups is 2. The molecule has 166 valence electrons. The van der Waals surface area contributed by atoms with E-state index in [4.69, 9.17) is 9.39 Å². The summed E-state index contributed by atoms with van der Waals surface area (Å²) in [4.78, 5) is 25.8. The number of likely N-dealkylation sites (tertiary alicyclic amines) is 1. The van der Waals surface area contributed by atoms with Crippen molar-refractivity contribution in [2.75, 3.05) is 26.2 Å². The molecule has 4 rings (SSSR count). The number of hydrogen-bond donors (Lipinski definition) is 3. The van der Waals surface area contributed by atoms with E-state index < -0.39 is 12.7 Å². The summed E-state index contributed by atoms with van der Waals surface area (Å²) in [5, 5.41) is 34.6. The molecule has 2 fully saturated rings. The van der Waals surface area contributed by atoms with E-state index >= 15 is 0 Å². The largest absolute Gasteiger partial charge is 0.669 e. The number of hydrogen-bond acceptors (Lipinski definition) is 8. The van der Waals surface area contributed by atoms with Gasteiger partial charge in [0.15, 0.2) is 0 Å². The highest BCUT2D eigenvalue weighted by molar-refractivity contribution is 6.59. The standard InChI is InChI=1S/C19H26BN2O7.CH4/c23-16(8-12-2-1-7-21-9-12)22-10-14(11-22)28-15-4-3-13-5-6-20(26,27)29-18(13)17(15)19(24)25;/h3-4,12,14,21,26-27H,1-2,5-11H2,(H,24,25);1H4/q-1;/p-1. The minimum atomic E-state index is -3.10.